The van der Waals surface area contributed by atoms with E-state index in [1.54, 1.807) is 18.4 Å². The maximum absolute atomic E-state index is 5.48. The van der Waals surface area contributed by atoms with E-state index < -0.39 is 0 Å². The van der Waals surface area contributed by atoms with E-state index >= 15 is 0 Å². The average molecular weight is 262 g/mol. The van der Waals surface area contributed by atoms with Crippen LogP contribution in [0, 0.1) is 20.8 Å². The Bertz CT molecular complexity index is 575. The number of nitrogens with one attached hydrogen (secondary N) is 1. The number of hydrogen-bond acceptors (Lipinski definition) is 4. The maximum atomic E-state index is 5.48. The first kappa shape index (κ1) is 12.9. The average Bonchev–Trinajstić information content (AvgIpc) is 2.73. The predicted molar refractivity (Wildman–Crippen MR) is 77.9 cm³/mol. The number of methoxy groups -OCH3 is 1. The van der Waals surface area contributed by atoms with Crippen molar-refractivity contribution in [3.8, 4) is 17.0 Å². The fourth-order valence-electron chi connectivity index (χ4n) is 1.90. The molecule has 3 nitrogen and oxygen atoms in total. The number of anilines is 1. The third-order valence-electron chi connectivity index (χ3n) is 3.08. The second kappa shape index (κ2) is 4.98. The quantitative estimate of drug-likeness (QED) is 0.914. The first-order chi connectivity index (χ1) is 8.56. The molecule has 0 amide bonds. The van der Waals surface area contributed by atoms with E-state index in [0.717, 1.165) is 22.1 Å². The molecule has 1 N–H and O–H groups in total. The van der Waals surface area contributed by atoms with Crippen molar-refractivity contribution in [3.63, 3.8) is 0 Å². The van der Waals surface area contributed by atoms with Gasteiger partial charge >= 0.3 is 0 Å². The molecule has 0 aliphatic rings. The Morgan fingerprint density at radius 1 is 1.17 bits per heavy atom. The van der Waals surface area contributed by atoms with Crippen LogP contribution in [0.25, 0.3) is 11.3 Å². The van der Waals surface area contributed by atoms with E-state index in [1.807, 2.05) is 7.05 Å². The van der Waals surface area contributed by atoms with Crippen LogP contribution in [0.4, 0.5) is 5.13 Å². The third-order valence-corrected chi connectivity index (χ3v) is 4.07. The fraction of sp³-hybridized carbons (Fsp3) is 0.357. The summed E-state index contributed by atoms with van der Waals surface area (Å²) in [6, 6.07) is 4.22. The van der Waals surface area contributed by atoms with E-state index in [1.165, 1.54) is 16.0 Å². The molecule has 1 heterocycles. The number of aromatic nitrogens is 1. The first-order valence-electron chi connectivity index (χ1n) is 5.87. The zero-order valence-corrected chi connectivity index (χ0v) is 12.2. The van der Waals surface area contributed by atoms with Crippen LogP contribution in [0.5, 0.6) is 5.75 Å². The molecule has 0 aliphatic carbocycles. The summed E-state index contributed by atoms with van der Waals surface area (Å²) in [5.74, 6) is 0.883. The summed E-state index contributed by atoms with van der Waals surface area (Å²) in [6.45, 7) is 6.29. The van der Waals surface area contributed by atoms with Gasteiger partial charge in [-0.2, -0.15) is 0 Å². The van der Waals surface area contributed by atoms with Gasteiger partial charge in [0.05, 0.1) is 12.8 Å². The zero-order valence-electron chi connectivity index (χ0n) is 11.4. The molecule has 2 aromatic rings. The van der Waals surface area contributed by atoms with Gasteiger partial charge in [-0.25, -0.2) is 4.98 Å². The van der Waals surface area contributed by atoms with Gasteiger partial charge in [-0.3, -0.25) is 0 Å². The SMILES string of the molecule is CNc1nc(-c2cc(C)c(C)cc2OC)c(C)s1. The van der Waals surface area contributed by atoms with Gasteiger partial charge in [-0.15, -0.1) is 11.3 Å². The van der Waals surface area contributed by atoms with Crippen molar-refractivity contribution >= 4 is 16.5 Å². The molecule has 0 unspecified atom stereocenters. The van der Waals surface area contributed by atoms with Crippen molar-refractivity contribution < 1.29 is 4.74 Å². The second-order valence-electron chi connectivity index (χ2n) is 4.31. The Hall–Kier alpha value is -1.55. The number of hydrogen-bond donors (Lipinski definition) is 1. The molecule has 0 atom stereocenters. The van der Waals surface area contributed by atoms with Crippen molar-refractivity contribution in [2.24, 2.45) is 0 Å². The second-order valence-corrected chi connectivity index (χ2v) is 5.51. The molecule has 1 aromatic carbocycles. The predicted octanol–water partition coefficient (Wildman–Crippen LogP) is 3.79. The van der Waals surface area contributed by atoms with Gasteiger partial charge in [-0.05, 0) is 44.0 Å². The van der Waals surface area contributed by atoms with Crippen molar-refractivity contribution in [3.05, 3.63) is 28.1 Å². The first-order valence-corrected chi connectivity index (χ1v) is 6.69. The maximum Gasteiger partial charge on any atom is 0.183 e. The highest BCUT2D eigenvalue weighted by Gasteiger charge is 2.14. The van der Waals surface area contributed by atoms with Gasteiger partial charge in [0.1, 0.15) is 5.75 Å². The van der Waals surface area contributed by atoms with E-state index in [0.29, 0.717) is 0 Å². The van der Waals surface area contributed by atoms with Crippen LogP contribution in [0.3, 0.4) is 0 Å². The summed E-state index contributed by atoms with van der Waals surface area (Å²) in [7, 11) is 3.59. The number of thiazole rings is 1. The van der Waals surface area contributed by atoms with Crippen molar-refractivity contribution in [2.75, 3.05) is 19.5 Å². The summed E-state index contributed by atoms with van der Waals surface area (Å²) in [6.07, 6.45) is 0. The van der Waals surface area contributed by atoms with E-state index in [-0.39, 0.29) is 0 Å². The molecule has 0 spiro atoms. The molecular weight excluding hydrogens is 244 g/mol. The van der Waals surface area contributed by atoms with Gasteiger partial charge in [0.2, 0.25) is 0 Å². The van der Waals surface area contributed by atoms with Crippen LogP contribution in [0.1, 0.15) is 16.0 Å². The van der Waals surface area contributed by atoms with E-state index in [4.69, 9.17) is 4.74 Å². The van der Waals surface area contributed by atoms with Gasteiger partial charge in [0.25, 0.3) is 0 Å². The van der Waals surface area contributed by atoms with Crippen LogP contribution in [0.15, 0.2) is 12.1 Å². The van der Waals surface area contributed by atoms with Crippen molar-refractivity contribution in [1.82, 2.24) is 4.98 Å². The Labute approximate surface area is 112 Å². The number of ether oxygens (including phenoxy) is 1. The van der Waals surface area contributed by atoms with E-state index in [2.05, 4.69) is 43.2 Å². The number of nitrogens with zero attached hydrogens (tertiary/aromatic N) is 1. The topological polar surface area (TPSA) is 34.2 Å². The van der Waals surface area contributed by atoms with Crippen LogP contribution in [-0.4, -0.2) is 19.1 Å². The summed E-state index contributed by atoms with van der Waals surface area (Å²) in [5.41, 5.74) is 4.56. The molecule has 1 aromatic heterocycles. The molecule has 0 bridgehead atoms. The Kier molecular flexibility index (Phi) is 3.57. The van der Waals surface area contributed by atoms with Crippen LogP contribution >= 0.6 is 11.3 Å². The highest BCUT2D eigenvalue weighted by Crippen LogP contribution is 2.37. The monoisotopic (exact) mass is 262 g/mol. The lowest BCUT2D eigenvalue weighted by atomic mass is 10.0. The van der Waals surface area contributed by atoms with Gasteiger partial charge in [-0.1, -0.05) is 0 Å². The molecule has 2 rings (SSSR count). The Morgan fingerprint density at radius 3 is 2.39 bits per heavy atom. The third kappa shape index (κ3) is 2.20. The highest BCUT2D eigenvalue weighted by molar-refractivity contribution is 7.16. The van der Waals surface area contributed by atoms with Crippen LogP contribution < -0.4 is 10.1 Å². The lowest BCUT2D eigenvalue weighted by Gasteiger charge is -2.10. The molecule has 0 aliphatic heterocycles. The minimum Gasteiger partial charge on any atom is -0.496 e. The summed E-state index contributed by atoms with van der Waals surface area (Å²) in [5, 5.41) is 4.02. The zero-order chi connectivity index (χ0) is 13.3. The molecule has 0 fully saturated rings. The Morgan fingerprint density at radius 2 is 1.83 bits per heavy atom. The lowest BCUT2D eigenvalue weighted by molar-refractivity contribution is 0.416. The lowest BCUT2D eigenvalue weighted by Crippen LogP contribution is -1.93. The number of rotatable bonds is 3. The molecule has 0 radical (unpaired) electrons. The molecule has 0 saturated carbocycles. The van der Waals surface area contributed by atoms with Gasteiger partial charge < -0.3 is 10.1 Å². The van der Waals surface area contributed by atoms with Crippen molar-refractivity contribution in [1.29, 1.82) is 0 Å². The highest BCUT2D eigenvalue weighted by atomic mass is 32.1. The minimum absolute atomic E-state index is 0.883. The molecule has 18 heavy (non-hydrogen) atoms. The molecular formula is C14H18N2OS. The minimum atomic E-state index is 0.883. The molecule has 96 valence electrons. The largest absolute Gasteiger partial charge is 0.496 e. The standard InChI is InChI=1S/C14H18N2OS/c1-8-6-11(12(17-5)7-9(8)2)13-10(3)18-14(15-4)16-13/h6-7H,1-5H3,(H,15,16). The normalized spacial score (nSPS) is 10.5. The Balaban J connectivity index is 2.61. The number of aryl methyl sites for hydroxylation is 3. The van der Waals surface area contributed by atoms with Crippen LogP contribution in [-0.2, 0) is 0 Å². The summed E-state index contributed by atoms with van der Waals surface area (Å²) >= 11 is 1.66. The fourth-order valence-corrected chi connectivity index (χ4v) is 2.68. The molecule has 4 heteroatoms. The van der Waals surface area contributed by atoms with Crippen LogP contribution in [0.2, 0.25) is 0 Å². The number of benzene rings is 1. The molecule has 0 saturated heterocycles. The summed E-state index contributed by atoms with van der Waals surface area (Å²) < 4.78 is 5.48. The van der Waals surface area contributed by atoms with Crippen molar-refractivity contribution in [2.45, 2.75) is 20.8 Å². The van der Waals surface area contributed by atoms with E-state index in [9.17, 15) is 0 Å². The van der Waals surface area contributed by atoms with Gasteiger partial charge in [0, 0.05) is 17.5 Å². The summed E-state index contributed by atoms with van der Waals surface area (Å²) in [4.78, 5) is 5.80. The van der Waals surface area contributed by atoms with Gasteiger partial charge in [0.15, 0.2) is 5.13 Å². The smallest absolute Gasteiger partial charge is 0.183 e.